The Morgan fingerprint density at radius 3 is 3.25 bits per heavy atom. The van der Waals surface area contributed by atoms with Crippen molar-refractivity contribution in [1.82, 2.24) is 10.3 Å². The first-order valence-electron chi connectivity index (χ1n) is 4.07. The van der Waals surface area contributed by atoms with Crippen LogP contribution in [0.5, 0.6) is 0 Å². The van der Waals surface area contributed by atoms with Gasteiger partial charge in [0.2, 0.25) is 0 Å². The summed E-state index contributed by atoms with van der Waals surface area (Å²) in [5.74, 6) is 0. The number of thiazole rings is 1. The van der Waals surface area contributed by atoms with Gasteiger partial charge in [-0.25, -0.2) is 4.98 Å². The van der Waals surface area contributed by atoms with Gasteiger partial charge in [-0.15, -0.1) is 11.3 Å². The molecule has 1 saturated heterocycles. The van der Waals surface area contributed by atoms with Gasteiger partial charge < -0.3 is 10.1 Å². The van der Waals surface area contributed by atoms with Crippen LogP contribution in [0.1, 0.15) is 23.2 Å². The van der Waals surface area contributed by atoms with Gasteiger partial charge in [-0.3, -0.25) is 0 Å². The molecule has 1 aromatic heterocycles. The molecule has 1 aromatic rings. The van der Waals surface area contributed by atoms with E-state index >= 15 is 0 Å². The highest BCUT2D eigenvalue weighted by molar-refractivity contribution is 7.09. The quantitative estimate of drug-likeness (QED) is 0.769. The summed E-state index contributed by atoms with van der Waals surface area (Å²) in [7, 11) is 1.70. The largest absolute Gasteiger partial charge is 0.378 e. The van der Waals surface area contributed by atoms with Gasteiger partial charge in [0.15, 0.2) is 0 Å². The van der Waals surface area contributed by atoms with Crippen molar-refractivity contribution in [3.05, 3.63) is 16.1 Å². The van der Waals surface area contributed by atoms with Crippen molar-refractivity contribution in [3.8, 4) is 0 Å². The monoisotopic (exact) mass is 184 g/mol. The average Bonchev–Trinajstić information content (AvgIpc) is 2.34. The van der Waals surface area contributed by atoms with Crippen molar-refractivity contribution in [2.24, 2.45) is 0 Å². The second-order valence-corrected chi connectivity index (χ2v) is 3.84. The summed E-state index contributed by atoms with van der Waals surface area (Å²) in [6, 6.07) is 0.506. The molecule has 12 heavy (non-hydrogen) atoms. The zero-order valence-corrected chi connectivity index (χ0v) is 7.86. The summed E-state index contributed by atoms with van der Waals surface area (Å²) in [6.07, 6.45) is 1.22. The van der Waals surface area contributed by atoms with Gasteiger partial charge in [0.25, 0.3) is 0 Å². The number of hydrogen-bond donors (Lipinski definition) is 1. The molecule has 1 N–H and O–H groups in total. The Balaban J connectivity index is 2.02. The zero-order chi connectivity index (χ0) is 8.39. The van der Waals surface area contributed by atoms with Gasteiger partial charge in [0, 0.05) is 12.5 Å². The molecule has 2 heterocycles. The number of nitrogens with one attached hydrogen (secondary N) is 1. The Morgan fingerprint density at radius 1 is 1.83 bits per heavy atom. The third-order valence-corrected chi connectivity index (χ3v) is 2.86. The molecule has 4 heteroatoms. The van der Waals surface area contributed by atoms with Crippen LogP contribution in [0.3, 0.4) is 0 Å². The third kappa shape index (κ3) is 1.50. The van der Waals surface area contributed by atoms with Crippen molar-refractivity contribution in [2.45, 2.75) is 19.1 Å². The molecule has 3 nitrogen and oxygen atoms in total. The second kappa shape index (κ2) is 3.51. The van der Waals surface area contributed by atoms with E-state index in [1.54, 1.807) is 18.4 Å². The Hall–Kier alpha value is -0.450. The van der Waals surface area contributed by atoms with E-state index in [9.17, 15) is 0 Å². The van der Waals surface area contributed by atoms with Gasteiger partial charge in [-0.1, -0.05) is 0 Å². The lowest BCUT2D eigenvalue weighted by Crippen LogP contribution is -2.35. The predicted molar refractivity (Wildman–Crippen MR) is 48.2 cm³/mol. The Kier molecular flexibility index (Phi) is 2.39. The first kappa shape index (κ1) is 8.16. The minimum absolute atomic E-state index is 0.506. The SMILES string of the molecule is COCc1nc(C2CCN2)cs1. The van der Waals surface area contributed by atoms with Crippen LogP contribution in [0.2, 0.25) is 0 Å². The highest BCUT2D eigenvalue weighted by Gasteiger charge is 2.20. The summed E-state index contributed by atoms with van der Waals surface area (Å²) in [5, 5.41) is 6.51. The zero-order valence-electron chi connectivity index (χ0n) is 7.04. The normalized spacial score (nSPS) is 22.2. The minimum Gasteiger partial charge on any atom is -0.378 e. The molecule has 1 aliphatic rings. The third-order valence-electron chi connectivity index (χ3n) is 2.02. The molecule has 0 aliphatic carbocycles. The van der Waals surface area contributed by atoms with Crippen LogP contribution in [0.4, 0.5) is 0 Å². The van der Waals surface area contributed by atoms with Crippen LogP contribution in [-0.2, 0) is 11.3 Å². The summed E-state index contributed by atoms with van der Waals surface area (Å²) >= 11 is 1.68. The van der Waals surface area contributed by atoms with E-state index in [2.05, 4.69) is 15.7 Å². The number of methoxy groups -OCH3 is 1. The van der Waals surface area contributed by atoms with Gasteiger partial charge in [0.05, 0.1) is 18.3 Å². The van der Waals surface area contributed by atoms with Crippen molar-refractivity contribution in [2.75, 3.05) is 13.7 Å². The van der Waals surface area contributed by atoms with Crippen LogP contribution >= 0.6 is 11.3 Å². The van der Waals surface area contributed by atoms with E-state index in [4.69, 9.17) is 4.74 Å². The number of aromatic nitrogens is 1. The maximum absolute atomic E-state index is 5.00. The van der Waals surface area contributed by atoms with Crippen molar-refractivity contribution < 1.29 is 4.74 Å². The number of rotatable bonds is 3. The topological polar surface area (TPSA) is 34.1 Å². The average molecular weight is 184 g/mol. The van der Waals surface area contributed by atoms with Crippen LogP contribution in [0.25, 0.3) is 0 Å². The Bertz CT molecular complexity index is 257. The molecule has 66 valence electrons. The summed E-state index contributed by atoms with van der Waals surface area (Å²) in [4.78, 5) is 4.45. The molecular weight excluding hydrogens is 172 g/mol. The molecule has 1 atom stereocenters. The van der Waals surface area contributed by atoms with Crippen LogP contribution in [0.15, 0.2) is 5.38 Å². The fourth-order valence-corrected chi connectivity index (χ4v) is 2.03. The molecule has 0 aromatic carbocycles. The van der Waals surface area contributed by atoms with Crippen LogP contribution in [0, 0.1) is 0 Å². The maximum Gasteiger partial charge on any atom is 0.119 e. The first-order chi connectivity index (χ1) is 5.90. The number of nitrogens with zero attached hydrogens (tertiary/aromatic N) is 1. The molecule has 1 unspecified atom stereocenters. The van der Waals surface area contributed by atoms with E-state index < -0.39 is 0 Å². The second-order valence-electron chi connectivity index (χ2n) is 2.89. The molecular formula is C8H12N2OS. The number of ether oxygens (including phenoxy) is 1. The Morgan fingerprint density at radius 2 is 2.67 bits per heavy atom. The summed E-state index contributed by atoms with van der Waals surface area (Å²) < 4.78 is 5.00. The van der Waals surface area contributed by atoms with E-state index in [-0.39, 0.29) is 0 Å². The van der Waals surface area contributed by atoms with E-state index in [1.807, 2.05) is 0 Å². The van der Waals surface area contributed by atoms with Gasteiger partial charge in [0.1, 0.15) is 5.01 Å². The molecule has 0 radical (unpaired) electrons. The predicted octanol–water partition coefficient (Wildman–Crippen LogP) is 1.32. The fourth-order valence-electron chi connectivity index (χ4n) is 1.22. The lowest BCUT2D eigenvalue weighted by Gasteiger charge is -2.25. The van der Waals surface area contributed by atoms with Gasteiger partial charge in [-0.05, 0) is 13.0 Å². The summed E-state index contributed by atoms with van der Waals surface area (Å²) in [6.45, 7) is 1.76. The van der Waals surface area contributed by atoms with Crippen LogP contribution < -0.4 is 5.32 Å². The van der Waals surface area contributed by atoms with E-state index in [0.29, 0.717) is 12.6 Å². The minimum atomic E-state index is 0.506. The van der Waals surface area contributed by atoms with Crippen molar-refractivity contribution >= 4 is 11.3 Å². The lowest BCUT2D eigenvalue weighted by molar-refractivity contribution is 0.184. The van der Waals surface area contributed by atoms with E-state index in [0.717, 1.165) is 11.6 Å². The highest BCUT2D eigenvalue weighted by atomic mass is 32.1. The van der Waals surface area contributed by atoms with Crippen molar-refractivity contribution in [3.63, 3.8) is 0 Å². The molecule has 1 fully saturated rings. The van der Waals surface area contributed by atoms with Gasteiger partial charge >= 0.3 is 0 Å². The standard InChI is InChI=1S/C8H12N2OS/c1-11-4-8-10-7(5-12-8)6-2-3-9-6/h5-6,9H,2-4H2,1H3. The molecule has 1 aliphatic heterocycles. The molecule has 0 bridgehead atoms. The molecule has 0 saturated carbocycles. The van der Waals surface area contributed by atoms with Crippen LogP contribution in [-0.4, -0.2) is 18.6 Å². The fraction of sp³-hybridized carbons (Fsp3) is 0.625. The smallest absolute Gasteiger partial charge is 0.119 e. The molecule has 0 amide bonds. The maximum atomic E-state index is 5.00. The first-order valence-corrected chi connectivity index (χ1v) is 4.94. The van der Waals surface area contributed by atoms with Crippen molar-refractivity contribution in [1.29, 1.82) is 0 Å². The lowest BCUT2D eigenvalue weighted by atomic mass is 10.1. The summed E-state index contributed by atoms with van der Waals surface area (Å²) in [5.41, 5.74) is 1.18. The number of hydrogen-bond acceptors (Lipinski definition) is 4. The highest BCUT2D eigenvalue weighted by Crippen LogP contribution is 2.24. The van der Waals surface area contributed by atoms with Gasteiger partial charge in [-0.2, -0.15) is 0 Å². The molecule has 0 spiro atoms. The Labute approximate surface area is 75.8 Å². The molecule has 2 rings (SSSR count). The van der Waals surface area contributed by atoms with E-state index in [1.165, 1.54) is 12.1 Å².